The highest BCUT2D eigenvalue weighted by Crippen LogP contribution is 2.39. The lowest BCUT2D eigenvalue weighted by Gasteiger charge is -2.37. The van der Waals surface area contributed by atoms with Crippen molar-refractivity contribution in [2.45, 2.75) is 103 Å². The molecule has 186 valence electrons. The Morgan fingerprint density at radius 2 is 1.27 bits per heavy atom. The van der Waals surface area contributed by atoms with Crippen LogP contribution in [-0.2, 0) is 28.5 Å². The number of esters is 2. The summed E-state index contributed by atoms with van der Waals surface area (Å²) in [7, 11) is 0. The maximum atomic E-state index is 11.9. The summed E-state index contributed by atoms with van der Waals surface area (Å²) in [5, 5.41) is 0. The molecule has 0 aromatic carbocycles. The van der Waals surface area contributed by atoms with E-state index < -0.39 is 5.97 Å². The Kier molecular flexibility index (Phi) is 10.9. The summed E-state index contributed by atoms with van der Waals surface area (Å²) in [6, 6.07) is 0. The highest BCUT2D eigenvalue weighted by molar-refractivity contribution is 5.86. The average Bonchev–Trinajstić information content (AvgIpc) is 2.84. The van der Waals surface area contributed by atoms with Gasteiger partial charge in [0, 0.05) is 11.6 Å². The minimum atomic E-state index is -0.395. The van der Waals surface area contributed by atoms with Gasteiger partial charge < -0.3 is 18.9 Å². The molecule has 0 unspecified atom stereocenters. The minimum absolute atomic E-state index is 0.0183. The second-order valence-electron chi connectivity index (χ2n) is 10.1. The van der Waals surface area contributed by atoms with Crippen LogP contribution in [0, 0.1) is 17.8 Å². The lowest BCUT2D eigenvalue weighted by Crippen LogP contribution is -2.31. The van der Waals surface area contributed by atoms with Gasteiger partial charge >= 0.3 is 11.9 Å². The van der Waals surface area contributed by atoms with Gasteiger partial charge in [0.05, 0.1) is 12.2 Å². The number of carbonyl (C=O) groups excluding carboxylic acids is 2. The molecule has 0 aliphatic heterocycles. The van der Waals surface area contributed by atoms with Crippen molar-refractivity contribution in [3.05, 3.63) is 24.3 Å². The second kappa shape index (κ2) is 13.9. The summed E-state index contributed by atoms with van der Waals surface area (Å²) >= 11 is 0. The molecule has 6 heteroatoms. The van der Waals surface area contributed by atoms with E-state index in [0.717, 1.165) is 37.5 Å². The Hall–Kier alpha value is -1.66. The molecule has 33 heavy (non-hydrogen) atoms. The van der Waals surface area contributed by atoms with E-state index in [9.17, 15) is 9.59 Å². The molecule has 3 saturated carbocycles. The van der Waals surface area contributed by atoms with Crippen LogP contribution < -0.4 is 0 Å². The van der Waals surface area contributed by atoms with Gasteiger partial charge in [-0.15, -0.1) is 0 Å². The molecule has 6 nitrogen and oxygen atoms in total. The molecule has 0 aromatic rings. The van der Waals surface area contributed by atoms with Crippen molar-refractivity contribution in [1.82, 2.24) is 0 Å². The summed E-state index contributed by atoms with van der Waals surface area (Å²) in [6.45, 7) is 5.28. The molecule has 0 radical (unpaired) electrons. The van der Waals surface area contributed by atoms with Crippen LogP contribution in [0.15, 0.2) is 24.3 Å². The third-order valence-corrected chi connectivity index (χ3v) is 7.61. The van der Waals surface area contributed by atoms with Gasteiger partial charge in [0.2, 0.25) is 0 Å². The summed E-state index contributed by atoms with van der Waals surface area (Å²) in [5.74, 6) is 1.33. The zero-order valence-electron chi connectivity index (χ0n) is 20.3. The van der Waals surface area contributed by atoms with Crippen molar-refractivity contribution in [3.63, 3.8) is 0 Å². The van der Waals surface area contributed by atoms with Gasteiger partial charge in [-0.25, -0.2) is 9.59 Å². The fraction of sp³-hybridized carbons (Fsp3) is 0.778. The molecule has 0 aromatic heterocycles. The third kappa shape index (κ3) is 9.24. The SMILES string of the molecule is C=C(C)C(=O)OCOC1CCC(C2CCC(OCOC(=O)C=CC3CCCCC3)CC2)CC1. The second-order valence-corrected chi connectivity index (χ2v) is 10.1. The first-order chi connectivity index (χ1) is 16.0. The molecule has 0 heterocycles. The molecule has 0 bridgehead atoms. The highest BCUT2D eigenvalue weighted by atomic mass is 16.7. The van der Waals surface area contributed by atoms with Crippen LogP contribution in [0.2, 0.25) is 0 Å². The van der Waals surface area contributed by atoms with Gasteiger partial charge in [-0.1, -0.05) is 31.9 Å². The first-order valence-electron chi connectivity index (χ1n) is 12.9. The van der Waals surface area contributed by atoms with Crippen LogP contribution >= 0.6 is 0 Å². The van der Waals surface area contributed by atoms with Crippen LogP contribution in [-0.4, -0.2) is 37.7 Å². The maximum absolute atomic E-state index is 11.9. The van der Waals surface area contributed by atoms with E-state index in [0.29, 0.717) is 11.5 Å². The largest absolute Gasteiger partial charge is 0.435 e. The van der Waals surface area contributed by atoms with Crippen molar-refractivity contribution in [3.8, 4) is 0 Å². The van der Waals surface area contributed by atoms with E-state index in [-0.39, 0.29) is 31.8 Å². The van der Waals surface area contributed by atoms with Gasteiger partial charge in [0.15, 0.2) is 13.6 Å². The lowest BCUT2D eigenvalue weighted by molar-refractivity contribution is -0.160. The predicted molar refractivity (Wildman–Crippen MR) is 126 cm³/mol. The van der Waals surface area contributed by atoms with E-state index in [1.165, 1.54) is 57.8 Å². The Labute approximate surface area is 199 Å². The van der Waals surface area contributed by atoms with E-state index in [1.54, 1.807) is 13.0 Å². The van der Waals surface area contributed by atoms with Crippen LogP contribution in [0.4, 0.5) is 0 Å². The molecule has 0 amide bonds. The molecule has 3 aliphatic carbocycles. The summed E-state index contributed by atoms with van der Waals surface area (Å²) in [4.78, 5) is 23.3. The van der Waals surface area contributed by atoms with Crippen molar-refractivity contribution in [2.75, 3.05) is 13.6 Å². The van der Waals surface area contributed by atoms with Crippen molar-refractivity contribution >= 4 is 11.9 Å². The minimum Gasteiger partial charge on any atom is -0.435 e. The molecule has 3 fully saturated rings. The first kappa shape index (κ1) is 26.0. The van der Waals surface area contributed by atoms with Gasteiger partial charge in [0.25, 0.3) is 0 Å². The van der Waals surface area contributed by atoms with E-state index in [4.69, 9.17) is 18.9 Å². The van der Waals surface area contributed by atoms with Gasteiger partial charge in [-0.2, -0.15) is 0 Å². The summed E-state index contributed by atoms with van der Waals surface area (Å²) in [5.41, 5.74) is 0.395. The molecular weight excluding hydrogens is 420 g/mol. The number of hydrogen-bond donors (Lipinski definition) is 0. The molecule has 3 rings (SSSR count). The molecule has 0 N–H and O–H groups in total. The van der Waals surface area contributed by atoms with Crippen molar-refractivity contribution in [1.29, 1.82) is 0 Å². The number of rotatable bonds is 10. The Morgan fingerprint density at radius 1 is 0.758 bits per heavy atom. The van der Waals surface area contributed by atoms with Crippen molar-refractivity contribution in [2.24, 2.45) is 17.8 Å². The Balaban J connectivity index is 1.23. The monoisotopic (exact) mass is 462 g/mol. The van der Waals surface area contributed by atoms with Crippen LogP contribution in [0.5, 0.6) is 0 Å². The molecular formula is C27H42O6. The summed E-state index contributed by atoms with van der Waals surface area (Å²) in [6.07, 6.45) is 19.0. The first-order valence-corrected chi connectivity index (χ1v) is 12.9. The van der Waals surface area contributed by atoms with E-state index >= 15 is 0 Å². The van der Waals surface area contributed by atoms with Crippen LogP contribution in [0.1, 0.15) is 90.4 Å². The average molecular weight is 463 g/mol. The molecule has 0 saturated heterocycles. The van der Waals surface area contributed by atoms with E-state index in [2.05, 4.69) is 6.58 Å². The Morgan fingerprint density at radius 3 is 1.79 bits per heavy atom. The molecule has 3 aliphatic rings. The maximum Gasteiger partial charge on any atom is 0.335 e. The lowest BCUT2D eigenvalue weighted by atomic mass is 9.72. The topological polar surface area (TPSA) is 71.1 Å². The van der Waals surface area contributed by atoms with Crippen LogP contribution in [0.3, 0.4) is 0 Å². The smallest absolute Gasteiger partial charge is 0.335 e. The number of carbonyl (C=O) groups is 2. The van der Waals surface area contributed by atoms with Gasteiger partial charge in [-0.05, 0) is 88.9 Å². The highest BCUT2D eigenvalue weighted by Gasteiger charge is 2.31. The molecule has 0 atom stereocenters. The predicted octanol–water partition coefficient (Wildman–Crippen LogP) is 5.85. The van der Waals surface area contributed by atoms with E-state index in [1.807, 2.05) is 6.08 Å². The fourth-order valence-corrected chi connectivity index (χ4v) is 5.54. The van der Waals surface area contributed by atoms with Crippen LogP contribution in [0.25, 0.3) is 0 Å². The third-order valence-electron chi connectivity index (χ3n) is 7.61. The quantitative estimate of drug-likeness (QED) is 0.230. The van der Waals surface area contributed by atoms with Gasteiger partial charge in [-0.3, -0.25) is 0 Å². The summed E-state index contributed by atoms with van der Waals surface area (Å²) < 4.78 is 21.8. The zero-order valence-corrected chi connectivity index (χ0v) is 20.3. The number of hydrogen-bond acceptors (Lipinski definition) is 6. The van der Waals surface area contributed by atoms with Crippen molar-refractivity contribution < 1.29 is 28.5 Å². The standard InChI is InChI=1S/C27H42O6/c1-20(2)27(29)33-19-31-25-15-11-23(12-16-25)22-9-13-24(14-10-22)30-18-32-26(28)17-8-21-6-4-3-5-7-21/h8,17,21-25H,1,3-7,9-16,18-19H2,2H3. The molecule has 0 spiro atoms. The van der Waals surface area contributed by atoms with Gasteiger partial charge in [0.1, 0.15) is 0 Å². The normalized spacial score (nSPS) is 29.0. The Bertz CT molecular complexity index is 650. The zero-order chi connectivity index (χ0) is 23.5. The number of allylic oxidation sites excluding steroid dienone is 1. The number of ether oxygens (including phenoxy) is 4. The fourth-order valence-electron chi connectivity index (χ4n) is 5.54.